The van der Waals surface area contributed by atoms with Crippen LogP contribution < -0.4 is 0 Å². The average molecular weight is 480 g/mol. The van der Waals surface area contributed by atoms with Crippen molar-refractivity contribution in [2.75, 3.05) is 13.7 Å². The van der Waals surface area contributed by atoms with Gasteiger partial charge in [-0.2, -0.15) is 0 Å². The number of imide groups is 1. The lowest BCUT2D eigenvalue weighted by Gasteiger charge is -2.42. The van der Waals surface area contributed by atoms with Crippen LogP contribution in [0.3, 0.4) is 0 Å². The van der Waals surface area contributed by atoms with Gasteiger partial charge in [0.1, 0.15) is 6.61 Å². The number of carbonyl (C=O) groups is 2. The lowest BCUT2D eigenvalue weighted by Crippen LogP contribution is -2.54. The van der Waals surface area contributed by atoms with E-state index in [0.717, 1.165) is 10.5 Å². The van der Waals surface area contributed by atoms with Crippen LogP contribution in [-0.2, 0) is 25.1 Å². The predicted molar refractivity (Wildman–Crippen MR) is 130 cm³/mol. The molecule has 8 heteroatoms. The van der Waals surface area contributed by atoms with E-state index in [-0.39, 0.29) is 23.7 Å². The second kappa shape index (κ2) is 11.1. The van der Waals surface area contributed by atoms with Crippen molar-refractivity contribution < 1.29 is 28.6 Å². The molecule has 7 nitrogen and oxygen atoms in total. The molecule has 0 unspecified atom stereocenters. The smallest absolute Gasteiger partial charge is 0.417 e. The summed E-state index contributed by atoms with van der Waals surface area (Å²) in [4.78, 5) is 26.9. The summed E-state index contributed by atoms with van der Waals surface area (Å²) >= 11 is 0. The minimum Gasteiger partial charge on any atom is -0.447 e. The molecule has 0 radical (unpaired) electrons. The topological polar surface area (TPSA) is 85.3 Å². The number of aliphatic hydroxyl groups is 1. The molecule has 0 spiro atoms. The first kappa shape index (κ1) is 27.5. The van der Waals surface area contributed by atoms with Crippen LogP contribution in [0.25, 0.3) is 0 Å². The van der Waals surface area contributed by atoms with Crippen LogP contribution in [0.1, 0.15) is 46.6 Å². The molecule has 1 aliphatic heterocycles. The van der Waals surface area contributed by atoms with Gasteiger partial charge >= 0.3 is 6.09 Å². The van der Waals surface area contributed by atoms with Gasteiger partial charge in [0, 0.05) is 19.1 Å². The number of carbonyl (C=O) groups excluding carboxylic acids is 2. The van der Waals surface area contributed by atoms with Crippen LogP contribution >= 0.6 is 0 Å². The van der Waals surface area contributed by atoms with E-state index in [1.165, 1.54) is 7.11 Å². The molecule has 0 saturated carbocycles. The number of methoxy groups -OCH3 is 1. The van der Waals surface area contributed by atoms with Gasteiger partial charge in [0.05, 0.1) is 12.1 Å². The third-order valence-corrected chi connectivity index (χ3v) is 11.6. The molecule has 1 aromatic rings. The number of benzene rings is 1. The zero-order chi connectivity index (χ0) is 25.0. The van der Waals surface area contributed by atoms with Gasteiger partial charge in [-0.15, -0.1) is 0 Å². The highest BCUT2D eigenvalue weighted by atomic mass is 28.4. The summed E-state index contributed by atoms with van der Waals surface area (Å²) in [6.45, 7) is 14.8. The Morgan fingerprint density at radius 2 is 1.88 bits per heavy atom. The zero-order valence-electron chi connectivity index (χ0n) is 21.3. The lowest BCUT2D eigenvalue weighted by atomic mass is 9.91. The molecule has 0 aromatic heterocycles. The Balaban J connectivity index is 2.18. The van der Waals surface area contributed by atoms with E-state index < -0.39 is 38.6 Å². The molecule has 1 aromatic carbocycles. The number of cyclic esters (lactones) is 1. The van der Waals surface area contributed by atoms with Crippen molar-refractivity contribution in [2.45, 2.75) is 89.9 Å². The molecule has 1 fully saturated rings. The first-order chi connectivity index (χ1) is 15.3. The van der Waals surface area contributed by atoms with E-state index in [1.54, 1.807) is 0 Å². The van der Waals surface area contributed by atoms with E-state index in [0.29, 0.717) is 12.8 Å². The van der Waals surface area contributed by atoms with Crippen molar-refractivity contribution >= 4 is 20.3 Å². The second-order valence-electron chi connectivity index (χ2n) is 10.5. The van der Waals surface area contributed by atoms with E-state index >= 15 is 0 Å². The quantitative estimate of drug-likeness (QED) is 0.501. The van der Waals surface area contributed by atoms with Crippen molar-refractivity contribution in [3.05, 3.63) is 35.9 Å². The first-order valence-corrected chi connectivity index (χ1v) is 14.7. The zero-order valence-corrected chi connectivity index (χ0v) is 22.3. The fraction of sp³-hybridized carbons (Fsp3) is 0.680. The maximum Gasteiger partial charge on any atom is 0.417 e. The third kappa shape index (κ3) is 6.44. The Morgan fingerprint density at radius 3 is 2.39 bits per heavy atom. The van der Waals surface area contributed by atoms with Gasteiger partial charge < -0.3 is 19.0 Å². The van der Waals surface area contributed by atoms with Crippen molar-refractivity contribution in [1.82, 2.24) is 4.90 Å². The van der Waals surface area contributed by atoms with Gasteiger partial charge in [-0.1, -0.05) is 65.0 Å². The number of ether oxygens (including phenoxy) is 2. The number of nitrogens with zero attached hydrogens (tertiary/aromatic N) is 1. The highest BCUT2D eigenvalue weighted by molar-refractivity contribution is 6.74. The fourth-order valence-electron chi connectivity index (χ4n) is 3.90. The number of aliphatic hydroxyl groups excluding tert-OH is 1. The molecule has 0 bridgehead atoms. The van der Waals surface area contributed by atoms with Crippen LogP contribution in [-0.4, -0.2) is 68.4 Å². The number of amides is 2. The van der Waals surface area contributed by atoms with Crippen molar-refractivity contribution in [1.29, 1.82) is 0 Å². The molecule has 1 aliphatic rings. The van der Waals surface area contributed by atoms with E-state index in [9.17, 15) is 14.7 Å². The predicted octanol–water partition coefficient (Wildman–Crippen LogP) is 4.39. The summed E-state index contributed by atoms with van der Waals surface area (Å²) in [5.41, 5.74) is 0.996. The molecule has 2 amide bonds. The Kier molecular flexibility index (Phi) is 9.27. The molecule has 2 rings (SSSR count). The number of hydrogen-bond acceptors (Lipinski definition) is 6. The van der Waals surface area contributed by atoms with Gasteiger partial charge in [0.25, 0.3) is 5.91 Å². The van der Waals surface area contributed by atoms with Gasteiger partial charge in [-0.05, 0) is 36.5 Å². The number of hydrogen-bond donors (Lipinski definition) is 1. The van der Waals surface area contributed by atoms with Crippen LogP contribution in [0.4, 0.5) is 4.79 Å². The Morgan fingerprint density at radius 1 is 1.27 bits per heavy atom. The van der Waals surface area contributed by atoms with Crippen LogP contribution in [0, 0.1) is 5.92 Å². The van der Waals surface area contributed by atoms with Crippen molar-refractivity contribution in [2.24, 2.45) is 5.92 Å². The lowest BCUT2D eigenvalue weighted by molar-refractivity contribution is -0.151. The van der Waals surface area contributed by atoms with E-state index in [1.807, 2.05) is 44.2 Å². The van der Waals surface area contributed by atoms with Crippen LogP contribution in [0.15, 0.2) is 30.3 Å². The average Bonchev–Trinajstić information content (AvgIpc) is 3.11. The molecule has 186 valence electrons. The second-order valence-corrected chi connectivity index (χ2v) is 15.2. The van der Waals surface area contributed by atoms with Crippen LogP contribution in [0.2, 0.25) is 18.1 Å². The maximum atomic E-state index is 13.4. The summed E-state index contributed by atoms with van der Waals surface area (Å²) in [5, 5.41) is 11.2. The molecule has 1 saturated heterocycles. The summed E-state index contributed by atoms with van der Waals surface area (Å²) in [6, 6.07) is 9.18. The van der Waals surface area contributed by atoms with Crippen molar-refractivity contribution in [3.8, 4) is 0 Å². The van der Waals surface area contributed by atoms with Gasteiger partial charge in [-0.3, -0.25) is 4.79 Å². The summed E-state index contributed by atoms with van der Waals surface area (Å²) < 4.78 is 17.2. The summed E-state index contributed by atoms with van der Waals surface area (Å²) in [6.07, 6.45) is -2.10. The summed E-state index contributed by atoms with van der Waals surface area (Å²) in [5.74, 6) is -0.952. The SMILES string of the molecule is CC[C@H](O[Si](C)(C)C(C)(C)C)[C@@H](C)[C@H](O)[C@@H](OC)C(=O)N1C(=O)OC[C@H]1Cc1ccccc1. The summed E-state index contributed by atoms with van der Waals surface area (Å²) in [7, 11) is -0.705. The minimum absolute atomic E-state index is 0.0194. The highest BCUT2D eigenvalue weighted by Gasteiger charge is 2.46. The minimum atomic E-state index is -2.08. The molecule has 33 heavy (non-hydrogen) atoms. The normalized spacial score (nSPS) is 20.8. The highest BCUT2D eigenvalue weighted by Crippen LogP contribution is 2.39. The molecular weight excluding hydrogens is 438 g/mol. The first-order valence-electron chi connectivity index (χ1n) is 11.8. The molecule has 1 heterocycles. The Bertz CT molecular complexity index is 794. The van der Waals surface area contributed by atoms with Gasteiger partial charge in [-0.25, -0.2) is 9.69 Å². The monoisotopic (exact) mass is 479 g/mol. The van der Waals surface area contributed by atoms with E-state index in [2.05, 4.69) is 33.9 Å². The van der Waals surface area contributed by atoms with Gasteiger partial charge in [0.15, 0.2) is 14.4 Å². The number of rotatable bonds is 10. The maximum absolute atomic E-state index is 13.4. The molecule has 0 aliphatic carbocycles. The standard InChI is InChI=1S/C25H41NO6Si/c1-9-20(32-33(7,8)25(3,4)5)17(2)21(27)22(30-6)23(28)26-19(16-31-24(26)29)15-18-13-11-10-12-14-18/h10-14,17,19-22,27H,9,15-16H2,1-8H3/t17-,19-,20+,21+,22-/m1/s1. The van der Waals surface area contributed by atoms with E-state index in [4.69, 9.17) is 13.9 Å². The van der Waals surface area contributed by atoms with Crippen molar-refractivity contribution in [3.63, 3.8) is 0 Å². The Hall–Kier alpha value is -1.74. The fourth-order valence-corrected chi connectivity index (χ4v) is 5.40. The molecule has 1 N–H and O–H groups in total. The third-order valence-electron chi connectivity index (χ3n) is 7.10. The molecule has 5 atom stereocenters. The molecular formula is C25H41NO6Si. The van der Waals surface area contributed by atoms with Crippen LogP contribution in [0.5, 0.6) is 0 Å². The Labute approximate surface area is 199 Å². The van der Waals surface area contributed by atoms with Gasteiger partial charge in [0.2, 0.25) is 0 Å². The largest absolute Gasteiger partial charge is 0.447 e.